The Balaban J connectivity index is 1.97. The van der Waals surface area contributed by atoms with Crippen LogP contribution in [-0.4, -0.2) is 48.8 Å². The fraction of sp³-hybridized carbons (Fsp3) is 1.00. The number of hydrogen-bond donors (Lipinski definition) is 2. The minimum Gasteiger partial charge on any atom is -0.395 e. The van der Waals surface area contributed by atoms with Crippen LogP contribution in [0.25, 0.3) is 0 Å². The molecule has 2 aliphatic rings. The topological polar surface area (TPSA) is 35.5 Å². The fourth-order valence-corrected chi connectivity index (χ4v) is 3.99. The number of aliphatic hydroxyl groups excluding tert-OH is 1. The lowest BCUT2D eigenvalue weighted by atomic mass is 9.84. The lowest BCUT2D eigenvalue weighted by Crippen LogP contribution is -2.47. The molecular weight excluding hydrogens is 236 g/mol. The van der Waals surface area contributed by atoms with Crippen molar-refractivity contribution in [3.63, 3.8) is 0 Å². The Labute approximate surface area is 118 Å². The Hall–Kier alpha value is -0.120. The molecular formula is C16H32N2O. The number of aliphatic hydroxyl groups is 1. The highest BCUT2D eigenvalue weighted by molar-refractivity contribution is 4.91. The monoisotopic (exact) mass is 268 g/mol. The largest absolute Gasteiger partial charge is 0.395 e. The maximum atomic E-state index is 9.66. The number of likely N-dealkylation sites (tertiary alicyclic amines) is 1. The Kier molecular flexibility index (Phi) is 6.11. The quantitative estimate of drug-likeness (QED) is 0.776. The molecule has 1 saturated heterocycles. The minimum atomic E-state index is 0.345. The molecule has 0 aromatic carbocycles. The zero-order valence-electron chi connectivity index (χ0n) is 12.7. The summed E-state index contributed by atoms with van der Waals surface area (Å²) in [6, 6.07) is 0.418. The molecule has 2 fully saturated rings. The van der Waals surface area contributed by atoms with Crippen molar-refractivity contribution in [2.75, 3.05) is 32.8 Å². The average molecular weight is 268 g/mol. The first kappa shape index (κ1) is 15.3. The van der Waals surface area contributed by atoms with E-state index in [1.165, 1.54) is 64.5 Å². The molecule has 0 spiro atoms. The van der Waals surface area contributed by atoms with Crippen LogP contribution in [0.1, 0.15) is 58.3 Å². The maximum Gasteiger partial charge on any atom is 0.0586 e. The van der Waals surface area contributed by atoms with Crippen molar-refractivity contribution in [3.8, 4) is 0 Å². The van der Waals surface area contributed by atoms with Crippen molar-refractivity contribution < 1.29 is 5.11 Å². The van der Waals surface area contributed by atoms with Gasteiger partial charge in [0.1, 0.15) is 0 Å². The molecule has 2 rings (SSSR count). The van der Waals surface area contributed by atoms with Crippen molar-refractivity contribution in [3.05, 3.63) is 0 Å². The van der Waals surface area contributed by atoms with Crippen LogP contribution in [0.2, 0.25) is 0 Å². The predicted octanol–water partition coefficient (Wildman–Crippen LogP) is 2.39. The van der Waals surface area contributed by atoms with Gasteiger partial charge < -0.3 is 10.4 Å². The third-order valence-corrected chi connectivity index (χ3v) is 5.16. The van der Waals surface area contributed by atoms with Crippen LogP contribution in [0.3, 0.4) is 0 Å². The van der Waals surface area contributed by atoms with Gasteiger partial charge in [-0.2, -0.15) is 0 Å². The maximum absolute atomic E-state index is 9.66. The molecule has 0 amide bonds. The van der Waals surface area contributed by atoms with E-state index in [1.807, 2.05) is 0 Å². The molecule has 19 heavy (non-hydrogen) atoms. The van der Waals surface area contributed by atoms with E-state index in [2.05, 4.69) is 17.1 Å². The van der Waals surface area contributed by atoms with Crippen molar-refractivity contribution in [1.82, 2.24) is 10.2 Å². The third kappa shape index (κ3) is 4.17. The van der Waals surface area contributed by atoms with Crippen molar-refractivity contribution in [2.24, 2.45) is 5.41 Å². The summed E-state index contributed by atoms with van der Waals surface area (Å²) >= 11 is 0. The molecule has 112 valence electrons. The Morgan fingerprint density at radius 2 is 1.95 bits per heavy atom. The smallest absolute Gasteiger partial charge is 0.0586 e. The predicted molar refractivity (Wildman–Crippen MR) is 80.4 cm³/mol. The van der Waals surface area contributed by atoms with Crippen LogP contribution in [0.15, 0.2) is 0 Å². The van der Waals surface area contributed by atoms with Crippen LogP contribution in [-0.2, 0) is 0 Å². The van der Waals surface area contributed by atoms with Crippen LogP contribution in [0.4, 0.5) is 0 Å². The van der Waals surface area contributed by atoms with Gasteiger partial charge >= 0.3 is 0 Å². The highest BCUT2D eigenvalue weighted by Gasteiger charge is 2.36. The molecule has 1 aliphatic heterocycles. The molecule has 2 N–H and O–H groups in total. The first-order chi connectivity index (χ1) is 9.29. The van der Waals surface area contributed by atoms with Gasteiger partial charge in [-0.15, -0.1) is 0 Å². The van der Waals surface area contributed by atoms with Gasteiger partial charge in [-0.3, -0.25) is 4.90 Å². The van der Waals surface area contributed by atoms with Gasteiger partial charge in [0.15, 0.2) is 0 Å². The summed E-state index contributed by atoms with van der Waals surface area (Å²) in [7, 11) is 0. The molecule has 3 nitrogen and oxygen atoms in total. The third-order valence-electron chi connectivity index (χ3n) is 5.16. The molecule has 1 aliphatic carbocycles. The van der Waals surface area contributed by atoms with E-state index in [0.717, 1.165) is 13.1 Å². The fourth-order valence-electron chi connectivity index (χ4n) is 3.99. The first-order valence-electron chi connectivity index (χ1n) is 8.35. The number of rotatable bonds is 6. The summed E-state index contributed by atoms with van der Waals surface area (Å²) in [6.45, 7) is 7.18. The molecule has 1 heterocycles. The lowest BCUT2D eigenvalue weighted by molar-refractivity contribution is 0.0750. The van der Waals surface area contributed by atoms with Crippen molar-refractivity contribution in [1.29, 1.82) is 0 Å². The molecule has 0 aromatic heterocycles. The summed E-state index contributed by atoms with van der Waals surface area (Å²) in [5, 5.41) is 13.2. The lowest BCUT2D eigenvalue weighted by Gasteiger charge is -2.38. The number of hydrogen-bond acceptors (Lipinski definition) is 3. The molecule has 0 radical (unpaired) electrons. The van der Waals surface area contributed by atoms with E-state index < -0.39 is 0 Å². The average Bonchev–Trinajstić information content (AvgIpc) is 2.77. The van der Waals surface area contributed by atoms with Gasteiger partial charge in [-0.25, -0.2) is 0 Å². The number of nitrogens with zero attached hydrogens (tertiary/aromatic N) is 1. The summed E-state index contributed by atoms with van der Waals surface area (Å²) in [4.78, 5) is 2.61. The summed E-state index contributed by atoms with van der Waals surface area (Å²) in [6.07, 6.45) is 10.7. The second-order valence-electron chi connectivity index (χ2n) is 6.64. The second-order valence-corrected chi connectivity index (χ2v) is 6.64. The molecule has 1 unspecified atom stereocenters. The van der Waals surface area contributed by atoms with E-state index in [9.17, 15) is 5.11 Å². The van der Waals surface area contributed by atoms with Crippen LogP contribution < -0.4 is 5.32 Å². The van der Waals surface area contributed by atoms with Crippen LogP contribution in [0.5, 0.6) is 0 Å². The SMILES string of the molecule is CCNCC1(CN2CCCCCC2CO)CCCC1. The van der Waals surface area contributed by atoms with E-state index in [1.54, 1.807) is 0 Å². The van der Waals surface area contributed by atoms with E-state index in [0.29, 0.717) is 18.1 Å². The molecule has 1 saturated carbocycles. The first-order valence-corrected chi connectivity index (χ1v) is 8.35. The van der Waals surface area contributed by atoms with Gasteiger partial charge in [-0.1, -0.05) is 32.6 Å². The summed E-state index contributed by atoms with van der Waals surface area (Å²) in [5.74, 6) is 0. The second kappa shape index (κ2) is 7.61. The number of nitrogens with one attached hydrogen (secondary N) is 1. The Bertz CT molecular complexity index is 251. The molecule has 0 bridgehead atoms. The van der Waals surface area contributed by atoms with Crippen LogP contribution >= 0.6 is 0 Å². The Morgan fingerprint density at radius 1 is 1.16 bits per heavy atom. The normalized spacial score (nSPS) is 28.4. The van der Waals surface area contributed by atoms with E-state index >= 15 is 0 Å². The van der Waals surface area contributed by atoms with E-state index in [4.69, 9.17) is 0 Å². The van der Waals surface area contributed by atoms with Crippen molar-refractivity contribution in [2.45, 2.75) is 64.3 Å². The van der Waals surface area contributed by atoms with Crippen LogP contribution in [0, 0.1) is 5.41 Å². The molecule has 1 atom stereocenters. The zero-order chi connectivity index (χ0) is 13.6. The highest BCUT2D eigenvalue weighted by atomic mass is 16.3. The zero-order valence-corrected chi connectivity index (χ0v) is 12.7. The van der Waals surface area contributed by atoms with Crippen molar-refractivity contribution >= 4 is 0 Å². The minimum absolute atomic E-state index is 0.345. The van der Waals surface area contributed by atoms with E-state index in [-0.39, 0.29) is 0 Å². The van der Waals surface area contributed by atoms with Gasteiger partial charge in [0, 0.05) is 19.1 Å². The Morgan fingerprint density at radius 3 is 2.63 bits per heavy atom. The van der Waals surface area contributed by atoms with Gasteiger partial charge in [0.05, 0.1) is 6.61 Å². The van der Waals surface area contributed by atoms with Gasteiger partial charge in [0.25, 0.3) is 0 Å². The van der Waals surface area contributed by atoms with Gasteiger partial charge in [0.2, 0.25) is 0 Å². The summed E-state index contributed by atoms with van der Waals surface area (Å²) in [5.41, 5.74) is 0.480. The molecule has 3 heteroatoms. The standard InChI is InChI=1S/C16H32N2O/c1-2-17-13-16(9-5-6-10-16)14-18-11-7-3-4-8-15(18)12-19/h15,17,19H,2-14H2,1H3. The van der Waals surface area contributed by atoms with Gasteiger partial charge in [-0.05, 0) is 44.2 Å². The highest BCUT2D eigenvalue weighted by Crippen LogP contribution is 2.39. The summed E-state index contributed by atoms with van der Waals surface area (Å²) < 4.78 is 0. The molecule has 0 aromatic rings.